The van der Waals surface area contributed by atoms with Gasteiger partial charge in [0.05, 0.1) is 19.4 Å². The molecule has 0 fully saturated rings. The fraction of sp³-hybridized carbons (Fsp3) is 0.231. The van der Waals surface area contributed by atoms with E-state index in [0.29, 0.717) is 28.4 Å². The summed E-state index contributed by atoms with van der Waals surface area (Å²) in [7, 11) is 1.61. The van der Waals surface area contributed by atoms with Gasteiger partial charge in [-0.3, -0.25) is 9.13 Å². The highest BCUT2D eigenvalue weighted by Gasteiger charge is 2.20. The van der Waals surface area contributed by atoms with Crippen LogP contribution in [0.15, 0.2) is 27.6 Å². The van der Waals surface area contributed by atoms with Crippen LogP contribution in [0.3, 0.4) is 0 Å². The largest absolute Gasteiger partial charge is 0.461 e. The van der Waals surface area contributed by atoms with Gasteiger partial charge in [-0.05, 0) is 12.1 Å². The molecule has 23 heavy (non-hydrogen) atoms. The first-order valence-corrected chi connectivity index (χ1v) is 6.88. The van der Waals surface area contributed by atoms with Crippen LogP contribution < -0.4 is 11.4 Å². The number of aromatic nitrogens is 6. The second kappa shape index (κ2) is 4.68. The standard InChI is InChI=1S/C13H13N7O3/c1-18-8-10(19(4-5-21)13(18)22)16-12(14)20-11(8)15-9(17-20)7-3-2-6-23-7/h2-3,6,21H,4-5H2,1H3,(H2,14,16). The van der Waals surface area contributed by atoms with Crippen LogP contribution in [0.1, 0.15) is 0 Å². The van der Waals surface area contributed by atoms with Gasteiger partial charge in [-0.2, -0.15) is 9.50 Å². The Hall–Kier alpha value is -3.14. The first kappa shape index (κ1) is 13.5. The summed E-state index contributed by atoms with van der Waals surface area (Å²) in [4.78, 5) is 21.0. The van der Waals surface area contributed by atoms with Crippen LogP contribution in [0, 0.1) is 0 Å². The molecule has 0 unspecified atom stereocenters. The quantitative estimate of drug-likeness (QED) is 0.526. The molecule has 10 heteroatoms. The van der Waals surface area contributed by atoms with E-state index in [1.54, 1.807) is 19.2 Å². The van der Waals surface area contributed by atoms with Gasteiger partial charge >= 0.3 is 5.69 Å². The van der Waals surface area contributed by atoms with Gasteiger partial charge in [-0.15, -0.1) is 5.10 Å². The van der Waals surface area contributed by atoms with Gasteiger partial charge in [0.25, 0.3) is 0 Å². The lowest BCUT2D eigenvalue weighted by Gasteiger charge is -2.01. The summed E-state index contributed by atoms with van der Waals surface area (Å²) in [6, 6.07) is 3.46. The van der Waals surface area contributed by atoms with Crippen molar-refractivity contribution in [2.75, 3.05) is 12.3 Å². The number of nitrogens with zero attached hydrogens (tertiary/aromatic N) is 6. The van der Waals surface area contributed by atoms with Crippen molar-refractivity contribution < 1.29 is 9.52 Å². The van der Waals surface area contributed by atoms with Crippen molar-refractivity contribution in [2.45, 2.75) is 6.54 Å². The number of rotatable bonds is 3. The SMILES string of the molecule is Cn1c(=O)n(CCO)c2nc(N)n3nc(-c4ccco4)nc3c21. The van der Waals surface area contributed by atoms with E-state index in [2.05, 4.69) is 15.1 Å². The van der Waals surface area contributed by atoms with Gasteiger partial charge in [0.15, 0.2) is 17.1 Å². The second-order valence-electron chi connectivity index (χ2n) is 5.01. The molecule has 118 valence electrons. The predicted molar refractivity (Wildman–Crippen MR) is 80.7 cm³/mol. The molecule has 0 aromatic carbocycles. The van der Waals surface area contributed by atoms with Gasteiger partial charge in [0.2, 0.25) is 11.8 Å². The van der Waals surface area contributed by atoms with Crippen LogP contribution in [0.5, 0.6) is 0 Å². The van der Waals surface area contributed by atoms with E-state index in [9.17, 15) is 4.79 Å². The number of aliphatic hydroxyl groups excluding tert-OH is 1. The minimum absolute atomic E-state index is 0.0927. The number of fused-ring (bicyclic) bond motifs is 3. The normalized spacial score (nSPS) is 11.7. The Morgan fingerprint density at radius 3 is 2.87 bits per heavy atom. The van der Waals surface area contributed by atoms with Gasteiger partial charge in [-0.1, -0.05) is 0 Å². The molecule has 0 radical (unpaired) electrons. The number of hydrogen-bond acceptors (Lipinski definition) is 7. The topological polar surface area (TPSA) is 129 Å². The van der Waals surface area contributed by atoms with E-state index < -0.39 is 0 Å². The molecule has 0 aliphatic rings. The molecule has 0 spiro atoms. The van der Waals surface area contributed by atoms with Crippen molar-refractivity contribution in [1.29, 1.82) is 0 Å². The molecule has 0 atom stereocenters. The van der Waals surface area contributed by atoms with Crippen LogP contribution in [-0.2, 0) is 13.6 Å². The predicted octanol–water partition coefficient (Wildman–Crippen LogP) is -0.388. The number of aliphatic hydroxyl groups is 1. The summed E-state index contributed by atoms with van der Waals surface area (Å²) < 4.78 is 9.42. The maximum atomic E-state index is 12.3. The molecule has 4 heterocycles. The minimum Gasteiger partial charge on any atom is -0.461 e. The first-order valence-electron chi connectivity index (χ1n) is 6.88. The van der Waals surface area contributed by atoms with Crippen LogP contribution in [0.2, 0.25) is 0 Å². The third-order valence-corrected chi connectivity index (χ3v) is 3.64. The molecule has 10 nitrogen and oxygen atoms in total. The Bertz CT molecular complexity index is 1070. The fourth-order valence-electron chi connectivity index (χ4n) is 2.60. The fourth-order valence-corrected chi connectivity index (χ4v) is 2.60. The number of nitrogen functional groups attached to an aromatic ring is 1. The average molecular weight is 315 g/mol. The van der Waals surface area contributed by atoms with Crippen LogP contribution in [0.25, 0.3) is 28.4 Å². The number of aryl methyl sites for hydroxylation is 1. The Labute approximate surface area is 128 Å². The zero-order valence-electron chi connectivity index (χ0n) is 12.2. The maximum Gasteiger partial charge on any atom is 0.330 e. The molecule has 0 aliphatic carbocycles. The molecule has 4 rings (SSSR count). The van der Waals surface area contributed by atoms with Gasteiger partial charge in [0, 0.05) is 7.05 Å². The number of anilines is 1. The lowest BCUT2D eigenvalue weighted by atomic mass is 10.4. The van der Waals surface area contributed by atoms with Crippen molar-refractivity contribution in [3.63, 3.8) is 0 Å². The summed E-state index contributed by atoms with van der Waals surface area (Å²) in [6.07, 6.45) is 1.52. The number of furan rings is 1. The third-order valence-electron chi connectivity index (χ3n) is 3.64. The maximum absolute atomic E-state index is 12.3. The van der Waals surface area contributed by atoms with E-state index in [4.69, 9.17) is 15.3 Å². The van der Waals surface area contributed by atoms with Gasteiger partial charge < -0.3 is 15.3 Å². The van der Waals surface area contributed by atoms with Gasteiger partial charge in [0.1, 0.15) is 5.52 Å². The van der Waals surface area contributed by atoms with Crippen molar-refractivity contribution in [2.24, 2.45) is 7.05 Å². The summed E-state index contributed by atoms with van der Waals surface area (Å²) in [5, 5.41) is 13.4. The van der Waals surface area contributed by atoms with Crippen molar-refractivity contribution in [1.82, 2.24) is 28.7 Å². The minimum atomic E-state index is -0.309. The summed E-state index contributed by atoms with van der Waals surface area (Å²) in [6.45, 7) is -0.0614. The van der Waals surface area contributed by atoms with E-state index in [1.165, 1.54) is 19.9 Å². The molecule has 3 N–H and O–H groups in total. The van der Waals surface area contributed by atoms with Crippen molar-refractivity contribution in [3.05, 3.63) is 28.9 Å². The Morgan fingerprint density at radius 2 is 2.17 bits per heavy atom. The molecule has 0 saturated heterocycles. The summed E-state index contributed by atoms with van der Waals surface area (Å²) >= 11 is 0. The number of imidazole rings is 1. The number of hydrogen-bond donors (Lipinski definition) is 2. The molecular weight excluding hydrogens is 302 g/mol. The monoisotopic (exact) mass is 315 g/mol. The molecule has 4 aromatic heterocycles. The Balaban J connectivity index is 2.12. The average Bonchev–Trinajstić information content (AvgIpc) is 3.23. The highest BCUT2D eigenvalue weighted by molar-refractivity contribution is 5.88. The third kappa shape index (κ3) is 1.78. The van der Waals surface area contributed by atoms with Gasteiger partial charge in [-0.25, -0.2) is 9.78 Å². The molecule has 0 aliphatic heterocycles. The van der Waals surface area contributed by atoms with E-state index >= 15 is 0 Å². The summed E-state index contributed by atoms with van der Waals surface area (Å²) in [5.41, 5.74) is 6.88. The van der Waals surface area contributed by atoms with E-state index in [-0.39, 0.29) is 24.8 Å². The van der Waals surface area contributed by atoms with Crippen LogP contribution in [0.4, 0.5) is 5.95 Å². The zero-order valence-corrected chi connectivity index (χ0v) is 12.2. The zero-order chi connectivity index (χ0) is 16.1. The van der Waals surface area contributed by atoms with Crippen molar-refractivity contribution in [3.8, 4) is 11.6 Å². The molecule has 0 amide bonds. The molecular formula is C13H13N7O3. The van der Waals surface area contributed by atoms with Crippen molar-refractivity contribution >= 4 is 22.8 Å². The van der Waals surface area contributed by atoms with Crippen LogP contribution in [-0.4, -0.2) is 40.4 Å². The molecule has 0 saturated carbocycles. The number of nitrogens with two attached hydrogens (primary N) is 1. The van der Waals surface area contributed by atoms with E-state index in [1.807, 2.05) is 0 Å². The first-order chi connectivity index (χ1) is 11.1. The molecule has 0 bridgehead atoms. The highest BCUT2D eigenvalue weighted by Crippen LogP contribution is 2.22. The molecule has 4 aromatic rings. The van der Waals surface area contributed by atoms with Crippen LogP contribution >= 0.6 is 0 Å². The highest BCUT2D eigenvalue weighted by atomic mass is 16.3. The Kier molecular flexibility index (Phi) is 2.75. The Morgan fingerprint density at radius 1 is 1.35 bits per heavy atom. The van der Waals surface area contributed by atoms with E-state index in [0.717, 1.165) is 0 Å². The smallest absolute Gasteiger partial charge is 0.330 e. The second-order valence-corrected chi connectivity index (χ2v) is 5.01. The summed E-state index contributed by atoms with van der Waals surface area (Å²) in [5.74, 6) is 0.925. The lowest BCUT2D eigenvalue weighted by Crippen LogP contribution is -2.23. The lowest BCUT2D eigenvalue weighted by molar-refractivity contribution is 0.275.